The average Bonchev–Trinajstić information content (AvgIpc) is 2.88. The van der Waals surface area contributed by atoms with Crippen molar-refractivity contribution in [3.63, 3.8) is 0 Å². The first-order valence-corrected chi connectivity index (χ1v) is 13.4. The third-order valence-electron chi connectivity index (χ3n) is 5.87. The zero-order chi connectivity index (χ0) is 30.1. The number of carbonyl (C=O) groups excluding carboxylic acids is 4. The Hall–Kier alpha value is -2.94. The zero-order valence-corrected chi connectivity index (χ0v) is 23.0. The van der Waals surface area contributed by atoms with Crippen LogP contribution >= 0.6 is 11.8 Å². The number of benzene rings is 1. The van der Waals surface area contributed by atoms with Crippen molar-refractivity contribution in [2.45, 2.75) is 77.1 Å². The first kappa shape index (κ1) is 33.3. The minimum Gasteiger partial charge on any atom is -0.463 e. The maximum atomic E-state index is 13.7. The molecule has 1 N–H and O–H groups in total. The van der Waals surface area contributed by atoms with Gasteiger partial charge in [0.1, 0.15) is 24.3 Å². The number of carbonyl (C=O) groups is 4. The van der Waals surface area contributed by atoms with E-state index in [2.05, 4.69) is 10.1 Å². The van der Waals surface area contributed by atoms with Crippen molar-refractivity contribution in [3.8, 4) is 5.75 Å². The van der Waals surface area contributed by atoms with E-state index in [0.29, 0.717) is 18.6 Å². The zero-order valence-electron chi connectivity index (χ0n) is 22.2. The normalized spacial score (nSPS) is 22.4. The quantitative estimate of drug-likeness (QED) is 0.0952. The molecule has 40 heavy (non-hydrogen) atoms. The van der Waals surface area contributed by atoms with Crippen molar-refractivity contribution < 1.29 is 60.1 Å². The number of amides is 1. The molecule has 0 bridgehead atoms. The SMILES string of the molecule is CC(=O)NC1C(SCCCCCC(=O)Oc2c(F)c(F)c(F)c(F)c2F)OC(COC(C)=O)C(OC(C)=O)C1C. The van der Waals surface area contributed by atoms with Crippen LogP contribution in [0.25, 0.3) is 0 Å². The molecule has 1 aliphatic rings. The average molecular weight is 600 g/mol. The molecule has 15 heteroatoms. The second-order valence-electron chi connectivity index (χ2n) is 9.06. The van der Waals surface area contributed by atoms with Crippen LogP contribution in [0.15, 0.2) is 0 Å². The fraction of sp³-hybridized carbons (Fsp3) is 0.600. The molecule has 0 aliphatic carbocycles. The number of thioether (sulfide) groups is 1. The molecule has 0 saturated carbocycles. The molecule has 0 radical (unpaired) electrons. The van der Waals surface area contributed by atoms with Crippen molar-refractivity contribution >= 4 is 35.6 Å². The number of ether oxygens (including phenoxy) is 4. The lowest BCUT2D eigenvalue weighted by molar-refractivity contribution is -0.187. The van der Waals surface area contributed by atoms with Crippen LogP contribution in [0.2, 0.25) is 0 Å². The highest BCUT2D eigenvalue weighted by Crippen LogP contribution is 2.35. The van der Waals surface area contributed by atoms with Crippen molar-refractivity contribution in [1.29, 1.82) is 0 Å². The molecule has 5 unspecified atom stereocenters. The Balaban J connectivity index is 1.92. The van der Waals surface area contributed by atoms with E-state index in [1.54, 1.807) is 6.92 Å². The maximum Gasteiger partial charge on any atom is 0.311 e. The van der Waals surface area contributed by atoms with E-state index in [1.165, 1.54) is 32.5 Å². The summed E-state index contributed by atoms with van der Waals surface area (Å²) in [5.41, 5.74) is -0.606. The van der Waals surface area contributed by atoms with Crippen molar-refractivity contribution in [1.82, 2.24) is 5.32 Å². The van der Waals surface area contributed by atoms with Gasteiger partial charge in [0.2, 0.25) is 40.7 Å². The van der Waals surface area contributed by atoms with E-state index in [4.69, 9.17) is 14.2 Å². The minimum absolute atomic E-state index is 0.174. The van der Waals surface area contributed by atoms with Crippen LogP contribution in [0.4, 0.5) is 22.0 Å². The third-order valence-corrected chi connectivity index (χ3v) is 7.13. The molecule has 1 aromatic rings. The molecule has 1 aliphatic heterocycles. The highest BCUT2D eigenvalue weighted by molar-refractivity contribution is 7.99. The standard InChI is InChI=1S/C25H30F5NO8S/c1-11-22(31-12(2)32)25(38-15(10-36-13(3)33)23(11)37-14(4)34)40-9-7-5-6-8-16(35)39-24-20(29)18(27)17(26)19(28)21(24)30/h11,15,22-23,25H,5-10H2,1-4H3,(H,31,32). The molecule has 224 valence electrons. The van der Waals surface area contributed by atoms with Gasteiger partial charge in [-0.05, 0) is 18.6 Å². The summed E-state index contributed by atoms with van der Waals surface area (Å²) < 4.78 is 87.9. The summed E-state index contributed by atoms with van der Waals surface area (Å²) in [6.45, 7) is 5.36. The van der Waals surface area contributed by atoms with Gasteiger partial charge in [-0.1, -0.05) is 13.3 Å². The van der Waals surface area contributed by atoms with Crippen LogP contribution in [-0.2, 0) is 33.4 Å². The van der Waals surface area contributed by atoms with Crippen LogP contribution in [0.5, 0.6) is 5.75 Å². The van der Waals surface area contributed by atoms with Gasteiger partial charge in [-0.2, -0.15) is 8.78 Å². The topological polar surface area (TPSA) is 117 Å². The van der Waals surface area contributed by atoms with Gasteiger partial charge in [-0.3, -0.25) is 19.2 Å². The molecule has 1 aromatic carbocycles. The van der Waals surface area contributed by atoms with Crippen molar-refractivity contribution in [3.05, 3.63) is 29.1 Å². The Kier molecular flexibility index (Phi) is 12.6. The van der Waals surface area contributed by atoms with Crippen molar-refractivity contribution in [2.75, 3.05) is 12.4 Å². The summed E-state index contributed by atoms with van der Waals surface area (Å²) in [6, 6.07) is -0.559. The second kappa shape index (κ2) is 15.2. The molecule has 5 atom stereocenters. The lowest BCUT2D eigenvalue weighted by atomic mass is 9.89. The van der Waals surface area contributed by atoms with E-state index in [0.717, 1.165) is 0 Å². The van der Waals surface area contributed by atoms with Gasteiger partial charge >= 0.3 is 17.9 Å². The molecular weight excluding hydrogens is 569 g/mol. The molecule has 9 nitrogen and oxygen atoms in total. The van der Waals surface area contributed by atoms with Gasteiger partial charge in [0.25, 0.3) is 0 Å². The monoisotopic (exact) mass is 599 g/mol. The lowest BCUT2D eigenvalue weighted by Gasteiger charge is -2.44. The number of esters is 3. The molecule has 1 saturated heterocycles. The predicted molar refractivity (Wildman–Crippen MR) is 130 cm³/mol. The van der Waals surface area contributed by atoms with Gasteiger partial charge in [0.05, 0.1) is 6.04 Å². The number of nitrogens with one attached hydrogen (secondary N) is 1. The highest BCUT2D eigenvalue weighted by atomic mass is 32.2. The second-order valence-corrected chi connectivity index (χ2v) is 10.3. The van der Waals surface area contributed by atoms with Crippen LogP contribution in [-0.4, -0.2) is 59.9 Å². The van der Waals surface area contributed by atoms with Gasteiger partial charge in [-0.15, -0.1) is 11.8 Å². The summed E-state index contributed by atoms with van der Waals surface area (Å²) in [4.78, 5) is 46.7. The molecule has 1 fully saturated rings. The predicted octanol–water partition coefficient (Wildman–Crippen LogP) is 3.94. The number of unbranched alkanes of at least 4 members (excludes halogenated alkanes) is 2. The van der Waals surface area contributed by atoms with E-state index < -0.39 is 82.3 Å². The molecule has 0 spiro atoms. The van der Waals surface area contributed by atoms with Crippen LogP contribution < -0.4 is 10.1 Å². The van der Waals surface area contributed by atoms with Crippen LogP contribution in [0.1, 0.15) is 53.4 Å². The van der Waals surface area contributed by atoms with E-state index in [-0.39, 0.29) is 25.4 Å². The van der Waals surface area contributed by atoms with E-state index in [1.807, 2.05) is 0 Å². The number of rotatable bonds is 12. The van der Waals surface area contributed by atoms with E-state index >= 15 is 0 Å². The van der Waals surface area contributed by atoms with Crippen LogP contribution in [0, 0.1) is 35.0 Å². The third kappa shape index (κ3) is 9.04. The van der Waals surface area contributed by atoms with Gasteiger partial charge in [-0.25, -0.2) is 13.2 Å². The van der Waals surface area contributed by atoms with Gasteiger partial charge in [0, 0.05) is 33.1 Å². The van der Waals surface area contributed by atoms with Gasteiger partial charge < -0.3 is 24.3 Å². The number of hydrogen-bond donors (Lipinski definition) is 1. The summed E-state index contributed by atoms with van der Waals surface area (Å²) in [6.07, 6.45) is -0.793. The smallest absolute Gasteiger partial charge is 0.311 e. The Morgan fingerprint density at radius 2 is 1.48 bits per heavy atom. The van der Waals surface area contributed by atoms with E-state index in [9.17, 15) is 41.1 Å². The molecule has 2 rings (SSSR count). The fourth-order valence-electron chi connectivity index (χ4n) is 4.00. The summed E-state index contributed by atoms with van der Waals surface area (Å²) in [7, 11) is 0. The first-order chi connectivity index (χ1) is 18.7. The molecule has 1 amide bonds. The Labute approximate surface area is 231 Å². The molecular formula is C25H30F5NO8S. The largest absolute Gasteiger partial charge is 0.463 e. The molecule has 1 heterocycles. The summed E-state index contributed by atoms with van der Waals surface area (Å²) in [5.74, 6) is -15.5. The summed E-state index contributed by atoms with van der Waals surface area (Å²) in [5, 5.41) is 2.80. The minimum atomic E-state index is -2.36. The number of halogens is 5. The van der Waals surface area contributed by atoms with Gasteiger partial charge in [0.15, 0.2) is 0 Å². The highest BCUT2D eigenvalue weighted by Gasteiger charge is 2.46. The summed E-state index contributed by atoms with van der Waals surface area (Å²) >= 11 is 1.33. The Morgan fingerprint density at radius 1 is 0.875 bits per heavy atom. The van der Waals surface area contributed by atoms with Crippen molar-refractivity contribution in [2.24, 2.45) is 5.92 Å². The first-order valence-electron chi connectivity index (χ1n) is 12.3. The Morgan fingerprint density at radius 3 is 2.02 bits per heavy atom. The Bertz CT molecular complexity index is 1080. The maximum absolute atomic E-state index is 13.7. The molecule has 0 aromatic heterocycles. The fourth-order valence-corrected chi connectivity index (χ4v) is 5.35. The number of hydrogen-bond acceptors (Lipinski definition) is 9. The van der Waals surface area contributed by atoms with Crippen LogP contribution in [0.3, 0.4) is 0 Å². The lowest BCUT2D eigenvalue weighted by Crippen LogP contribution is -2.60.